The number of ether oxygens (including phenoxy) is 2. The molecule has 0 radical (unpaired) electrons. The van der Waals surface area contributed by atoms with Crippen molar-refractivity contribution in [2.24, 2.45) is 11.8 Å². The van der Waals surface area contributed by atoms with Crippen LogP contribution >= 0.6 is 0 Å². The van der Waals surface area contributed by atoms with Crippen LogP contribution in [-0.4, -0.2) is 25.4 Å². The molecule has 2 bridgehead atoms. The fraction of sp³-hybridized carbons (Fsp3) is 0.474. The highest BCUT2D eigenvalue weighted by Crippen LogP contribution is 2.49. The molecule has 1 aromatic carbocycles. The molecule has 3 nitrogen and oxygen atoms in total. The quantitative estimate of drug-likeness (QED) is 0.871. The highest BCUT2D eigenvalue weighted by Gasteiger charge is 2.42. The zero-order valence-corrected chi connectivity index (χ0v) is 13.3. The predicted octanol–water partition coefficient (Wildman–Crippen LogP) is 3.21. The summed E-state index contributed by atoms with van der Waals surface area (Å²) in [6.07, 6.45) is 2.70. The van der Waals surface area contributed by atoms with E-state index < -0.39 is 6.10 Å². The number of aliphatic hydroxyl groups excluding tert-OH is 1. The molecular formula is C19H22O3. The first-order valence-electron chi connectivity index (χ1n) is 7.76. The molecule has 2 aliphatic carbocycles. The van der Waals surface area contributed by atoms with E-state index in [2.05, 4.69) is 11.8 Å². The van der Waals surface area contributed by atoms with Crippen molar-refractivity contribution in [2.75, 3.05) is 14.2 Å². The monoisotopic (exact) mass is 298 g/mol. The molecule has 2 aliphatic rings. The molecule has 22 heavy (non-hydrogen) atoms. The Labute approximate surface area is 131 Å². The molecule has 1 aromatic rings. The lowest BCUT2D eigenvalue weighted by Crippen LogP contribution is -2.27. The van der Waals surface area contributed by atoms with Gasteiger partial charge in [0.2, 0.25) is 0 Å². The van der Waals surface area contributed by atoms with Crippen LogP contribution in [0.15, 0.2) is 24.0 Å². The van der Waals surface area contributed by atoms with Crippen LogP contribution in [0, 0.1) is 23.7 Å². The third-order valence-corrected chi connectivity index (χ3v) is 4.83. The van der Waals surface area contributed by atoms with Gasteiger partial charge in [-0.25, -0.2) is 0 Å². The van der Waals surface area contributed by atoms with Crippen LogP contribution in [0.3, 0.4) is 0 Å². The van der Waals surface area contributed by atoms with E-state index in [9.17, 15) is 5.11 Å². The van der Waals surface area contributed by atoms with E-state index in [1.54, 1.807) is 14.2 Å². The van der Waals surface area contributed by atoms with Gasteiger partial charge in [0.25, 0.3) is 0 Å². The number of fused-ring (bicyclic) bond motifs is 2. The molecule has 1 fully saturated rings. The van der Waals surface area contributed by atoms with Crippen molar-refractivity contribution < 1.29 is 14.6 Å². The average molecular weight is 298 g/mol. The summed E-state index contributed by atoms with van der Waals surface area (Å²) in [4.78, 5) is 0. The minimum atomic E-state index is -0.481. The number of allylic oxidation sites excluding steroid dienone is 1. The van der Waals surface area contributed by atoms with Crippen molar-refractivity contribution in [3.05, 3.63) is 35.1 Å². The first-order chi connectivity index (χ1) is 10.7. The average Bonchev–Trinajstić information content (AvgIpc) is 2.97. The maximum Gasteiger partial charge on any atom is 0.127 e. The smallest absolute Gasteiger partial charge is 0.127 e. The molecule has 116 valence electrons. The Morgan fingerprint density at radius 2 is 2.00 bits per heavy atom. The first kappa shape index (κ1) is 15.0. The SMILES string of the molecule is CC#Cc1ccc(C2=C(OC)C3CCC(C3)C2O)c(OC)c1. The van der Waals surface area contributed by atoms with E-state index in [0.717, 1.165) is 47.5 Å². The summed E-state index contributed by atoms with van der Waals surface area (Å²) >= 11 is 0. The van der Waals surface area contributed by atoms with Crippen LogP contribution in [0.25, 0.3) is 5.57 Å². The fourth-order valence-corrected chi connectivity index (χ4v) is 3.85. The normalized spacial score (nSPS) is 26.5. The van der Waals surface area contributed by atoms with Gasteiger partial charge in [0, 0.05) is 22.6 Å². The number of rotatable bonds is 3. The number of aliphatic hydroxyl groups is 1. The molecule has 0 saturated heterocycles. The summed E-state index contributed by atoms with van der Waals surface area (Å²) in [6, 6.07) is 5.88. The lowest BCUT2D eigenvalue weighted by atomic mass is 9.81. The Morgan fingerprint density at radius 3 is 2.68 bits per heavy atom. The lowest BCUT2D eigenvalue weighted by molar-refractivity contribution is 0.138. The zero-order chi connectivity index (χ0) is 15.7. The minimum Gasteiger partial charge on any atom is -0.500 e. The van der Waals surface area contributed by atoms with E-state index in [0.29, 0.717) is 11.8 Å². The Hall–Kier alpha value is -1.92. The van der Waals surface area contributed by atoms with Crippen molar-refractivity contribution in [1.29, 1.82) is 0 Å². The van der Waals surface area contributed by atoms with E-state index in [1.807, 2.05) is 25.1 Å². The van der Waals surface area contributed by atoms with Gasteiger partial charge in [-0.2, -0.15) is 0 Å². The summed E-state index contributed by atoms with van der Waals surface area (Å²) in [7, 11) is 3.35. The van der Waals surface area contributed by atoms with Crippen LogP contribution in [-0.2, 0) is 4.74 Å². The predicted molar refractivity (Wildman–Crippen MR) is 86.3 cm³/mol. The molecule has 3 heteroatoms. The van der Waals surface area contributed by atoms with E-state index >= 15 is 0 Å². The fourth-order valence-electron chi connectivity index (χ4n) is 3.85. The standard InChI is InChI=1S/C19H22O3/c1-4-5-12-6-9-15(16(10-12)21-2)17-18(20)13-7-8-14(11-13)19(17)22-3/h6,9-10,13-14,18,20H,7-8,11H2,1-3H3. The third-order valence-electron chi connectivity index (χ3n) is 4.83. The van der Waals surface area contributed by atoms with Gasteiger partial charge in [-0.3, -0.25) is 0 Å². The van der Waals surface area contributed by atoms with Crippen molar-refractivity contribution in [3.8, 4) is 17.6 Å². The molecule has 3 rings (SSSR count). The van der Waals surface area contributed by atoms with E-state index in [-0.39, 0.29) is 0 Å². The van der Waals surface area contributed by atoms with Crippen LogP contribution in [0.4, 0.5) is 0 Å². The topological polar surface area (TPSA) is 38.7 Å². The number of hydrogen-bond donors (Lipinski definition) is 1. The second-order valence-corrected chi connectivity index (χ2v) is 5.99. The lowest BCUT2D eigenvalue weighted by Gasteiger charge is -2.30. The maximum absolute atomic E-state index is 10.8. The molecule has 1 N–H and O–H groups in total. The van der Waals surface area contributed by atoms with Crippen LogP contribution in [0.5, 0.6) is 5.75 Å². The van der Waals surface area contributed by atoms with Gasteiger partial charge in [-0.05, 0) is 50.3 Å². The maximum atomic E-state index is 10.8. The van der Waals surface area contributed by atoms with Crippen molar-refractivity contribution in [1.82, 2.24) is 0 Å². The van der Waals surface area contributed by atoms with Crippen molar-refractivity contribution in [3.63, 3.8) is 0 Å². The van der Waals surface area contributed by atoms with Gasteiger partial charge >= 0.3 is 0 Å². The molecule has 3 unspecified atom stereocenters. The molecule has 0 heterocycles. The Bertz CT molecular complexity index is 663. The summed E-state index contributed by atoms with van der Waals surface area (Å²) < 4.78 is 11.2. The third kappa shape index (κ3) is 2.38. The molecule has 0 aromatic heterocycles. The highest BCUT2D eigenvalue weighted by molar-refractivity contribution is 5.77. The second kappa shape index (κ2) is 6.06. The Balaban J connectivity index is 2.13. The molecule has 1 saturated carbocycles. The molecule has 0 amide bonds. The Morgan fingerprint density at radius 1 is 1.18 bits per heavy atom. The zero-order valence-electron chi connectivity index (χ0n) is 13.3. The molecule has 0 aliphatic heterocycles. The van der Waals surface area contributed by atoms with Gasteiger partial charge in [0.05, 0.1) is 20.3 Å². The molecular weight excluding hydrogens is 276 g/mol. The highest BCUT2D eigenvalue weighted by atomic mass is 16.5. The number of hydrogen-bond acceptors (Lipinski definition) is 3. The summed E-state index contributed by atoms with van der Waals surface area (Å²) in [5, 5.41) is 10.8. The number of benzene rings is 1. The molecule has 0 spiro atoms. The number of methoxy groups -OCH3 is 2. The van der Waals surface area contributed by atoms with Crippen molar-refractivity contribution in [2.45, 2.75) is 32.3 Å². The first-order valence-corrected chi connectivity index (χ1v) is 7.76. The van der Waals surface area contributed by atoms with Gasteiger partial charge in [0.15, 0.2) is 0 Å². The van der Waals surface area contributed by atoms with Gasteiger partial charge < -0.3 is 14.6 Å². The minimum absolute atomic E-state index is 0.332. The van der Waals surface area contributed by atoms with Gasteiger partial charge in [-0.15, -0.1) is 5.92 Å². The van der Waals surface area contributed by atoms with Gasteiger partial charge in [0.1, 0.15) is 11.5 Å². The Kier molecular flexibility index (Phi) is 4.13. The second-order valence-electron chi connectivity index (χ2n) is 5.99. The van der Waals surface area contributed by atoms with Crippen LogP contribution in [0.1, 0.15) is 37.3 Å². The van der Waals surface area contributed by atoms with E-state index in [1.165, 1.54) is 0 Å². The van der Waals surface area contributed by atoms with E-state index in [4.69, 9.17) is 9.47 Å². The largest absolute Gasteiger partial charge is 0.500 e. The molecule has 3 atom stereocenters. The summed E-state index contributed by atoms with van der Waals surface area (Å²) in [6.45, 7) is 1.81. The van der Waals surface area contributed by atoms with Gasteiger partial charge in [-0.1, -0.05) is 5.92 Å². The van der Waals surface area contributed by atoms with Crippen LogP contribution in [0.2, 0.25) is 0 Å². The summed E-state index contributed by atoms with van der Waals surface area (Å²) in [5.41, 5.74) is 2.73. The van der Waals surface area contributed by atoms with Crippen LogP contribution < -0.4 is 4.74 Å². The summed E-state index contributed by atoms with van der Waals surface area (Å²) in [5.74, 6) is 8.36. The van der Waals surface area contributed by atoms with Crippen molar-refractivity contribution >= 4 is 5.57 Å².